The number of anilines is 1. The first-order valence-corrected chi connectivity index (χ1v) is 9.18. The zero-order valence-corrected chi connectivity index (χ0v) is 16.0. The van der Waals surface area contributed by atoms with Crippen molar-refractivity contribution in [2.75, 3.05) is 45.9 Å². The zero-order chi connectivity index (χ0) is 19.4. The molecule has 8 heteroatoms. The average Bonchev–Trinajstić information content (AvgIpc) is 3.34. The van der Waals surface area contributed by atoms with Gasteiger partial charge in [0.05, 0.1) is 32.9 Å². The van der Waals surface area contributed by atoms with Crippen molar-refractivity contribution in [2.45, 2.75) is 25.3 Å². The minimum Gasteiger partial charge on any atom is -0.493 e. The third-order valence-electron chi connectivity index (χ3n) is 5.14. The van der Waals surface area contributed by atoms with Gasteiger partial charge in [0.25, 0.3) is 0 Å². The maximum atomic E-state index is 12.5. The largest absolute Gasteiger partial charge is 0.493 e. The predicted molar refractivity (Wildman–Crippen MR) is 101 cm³/mol. The van der Waals surface area contributed by atoms with Crippen molar-refractivity contribution in [2.24, 2.45) is 5.92 Å². The van der Waals surface area contributed by atoms with Crippen molar-refractivity contribution in [1.29, 1.82) is 0 Å². The number of hydrogen-bond acceptors (Lipinski definition) is 6. The fourth-order valence-electron chi connectivity index (χ4n) is 3.65. The third-order valence-corrected chi connectivity index (χ3v) is 5.14. The number of nitrogens with one attached hydrogen (secondary N) is 2. The Kier molecular flexibility index (Phi) is 6.05. The van der Waals surface area contributed by atoms with E-state index >= 15 is 0 Å². The van der Waals surface area contributed by atoms with E-state index in [-0.39, 0.29) is 24.2 Å². The molecule has 1 aromatic carbocycles. The Bertz CT molecular complexity index is 678. The smallest absolute Gasteiger partial charge is 0.227 e. The molecule has 2 unspecified atom stereocenters. The average molecular weight is 377 g/mol. The minimum atomic E-state index is -0.363. The van der Waals surface area contributed by atoms with Gasteiger partial charge in [0, 0.05) is 37.7 Å². The molecule has 0 spiro atoms. The van der Waals surface area contributed by atoms with Crippen molar-refractivity contribution in [1.82, 2.24) is 10.6 Å². The van der Waals surface area contributed by atoms with Crippen molar-refractivity contribution in [3.63, 3.8) is 0 Å². The molecule has 3 rings (SSSR count). The Hall–Kier alpha value is -2.48. The van der Waals surface area contributed by atoms with Crippen LogP contribution in [-0.4, -0.2) is 58.8 Å². The van der Waals surface area contributed by atoms with Crippen LogP contribution < -0.4 is 29.7 Å². The number of methoxy groups -OCH3 is 3. The second kappa shape index (κ2) is 8.47. The molecule has 27 heavy (non-hydrogen) atoms. The Morgan fingerprint density at radius 2 is 1.93 bits per heavy atom. The highest BCUT2D eigenvalue weighted by molar-refractivity contribution is 6.00. The van der Waals surface area contributed by atoms with Crippen molar-refractivity contribution < 1.29 is 23.8 Å². The van der Waals surface area contributed by atoms with E-state index < -0.39 is 0 Å². The molecule has 0 radical (unpaired) electrons. The van der Waals surface area contributed by atoms with Gasteiger partial charge in [0.15, 0.2) is 11.5 Å². The van der Waals surface area contributed by atoms with E-state index in [1.54, 1.807) is 17.0 Å². The standard InChI is InChI=1S/C19H27N3O5/c1-25-15-8-14(9-16(26-2)18(15)27-3)22-11-12(7-17(22)23)19(24)21-10-13-5-4-6-20-13/h8-9,12-13,20H,4-7,10-11H2,1-3H3,(H,21,24). The number of carbonyl (C=O) groups excluding carboxylic acids is 2. The van der Waals surface area contributed by atoms with Crippen LogP contribution in [0.25, 0.3) is 0 Å². The highest BCUT2D eigenvalue weighted by atomic mass is 16.5. The van der Waals surface area contributed by atoms with Crippen LogP contribution in [0.2, 0.25) is 0 Å². The summed E-state index contributed by atoms with van der Waals surface area (Å²) in [6, 6.07) is 3.78. The second-order valence-corrected chi connectivity index (χ2v) is 6.83. The third kappa shape index (κ3) is 4.10. The van der Waals surface area contributed by atoms with Crippen LogP contribution in [0, 0.1) is 5.92 Å². The Labute approximate surface area is 159 Å². The van der Waals surface area contributed by atoms with Crippen LogP contribution in [0.5, 0.6) is 17.2 Å². The van der Waals surface area contributed by atoms with E-state index in [4.69, 9.17) is 14.2 Å². The van der Waals surface area contributed by atoms with Gasteiger partial charge in [-0.25, -0.2) is 0 Å². The van der Waals surface area contributed by atoms with Gasteiger partial charge in [-0.2, -0.15) is 0 Å². The van der Waals surface area contributed by atoms with Crippen LogP contribution in [-0.2, 0) is 9.59 Å². The summed E-state index contributed by atoms with van der Waals surface area (Å²) in [7, 11) is 4.58. The first kappa shape index (κ1) is 19.3. The minimum absolute atomic E-state index is 0.0769. The molecular weight excluding hydrogens is 350 g/mol. The number of carbonyl (C=O) groups is 2. The van der Waals surface area contributed by atoms with Crippen LogP contribution in [0.15, 0.2) is 12.1 Å². The SMILES string of the molecule is COc1cc(N2CC(C(=O)NCC3CCCN3)CC2=O)cc(OC)c1OC. The van der Waals surface area contributed by atoms with E-state index in [0.29, 0.717) is 42.1 Å². The summed E-state index contributed by atoms with van der Waals surface area (Å²) in [5, 5.41) is 6.32. The molecule has 2 aliphatic rings. The Morgan fingerprint density at radius 3 is 2.48 bits per heavy atom. The molecule has 2 aliphatic heterocycles. The first-order valence-electron chi connectivity index (χ1n) is 9.18. The van der Waals surface area contributed by atoms with Gasteiger partial charge in [-0.1, -0.05) is 0 Å². The van der Waals surface area contributed by atoms with Gasteiger partial charge < -0.3 is 29.7 Å². The number of ether oxygens (including phenoxy) is 3. The van der Waals surface area contributed by atoms with Crippen LogP contribution in [0.4, 0.5) is 5.69 Å². The van der Waals surface area contributed by atoms with Crippen LogP contribution in [0.3, 0.4) is 0 Å². The lowest BCUT2D eigenvalue weighted by atomic mass is 10.1. The van der Waals surface area contributed by atoms with E-state index in [1.807, 2.05) is 0 Å². The number of nitrogens with zero attached hydrogens (tertiary/aromatic N) is 1. The summed E-state index contributed by atoms with van der Waals surface area (Å²) >= 11 is 0. The number of hydrogen-bond donors (Lipinski definition) is 2. The molecule has 0 saturated carbocycles. The van der Waals surface area contributed by atoms with E-state index in [9.17, 15) is 9.59 Å². The van der Waals surface area contributed by atoms with E-state index in [1.165, 1.54) is 21.3 Å². The van der Waals surface area contributed by atoms with Crippen LogP contribution in [0.1, 0.15) is 19.3 Å². The topological polar surface area (TPSA) is 89.1 Å². The molecule has 0 aliphatic carbocycles. The maximum Gasteiger partial charge on any atom is 0.227 e. The monoisotopic (exact) mass is 377 g/mol. The van der Waals surface area contributed by atoms with Gasteiger partial charge in [0.1, 0.15) is 0 Å². The summed E-state index contributed by atoms with van der Waals surface area (Å²) < 4.78 is 16.0. The normalized spacial score (nSPS) is 22.0. The van der Waals surface area contributed by atoms with Crippen molar-refractivity contribution in [3.05, 3.63) is 12.1 Å². The number of rotatable bonds is 7. The predicted octanol–water partition coefficient (Wildman–Crippen LogP) is 0.934. The highest BCUT2D eigenvalue weighted by Crippen LogP contribution is 2.42. The fraction of sp³-hybridized carbons (Fsp3) is 0.579. The summed E-state index contributed by atoms with van der Waals surface area (Å²) in [6.07, 6.45) is 2.40. The molecule has 2 atom stereocenters. The van der Waals surface area contributed by atoms with Gasteiger partial charge in [-0.15, -0.1) is 0 Å². The van der Waals surface area contributed by atoms with Gasteiger partial charge in [0.2, 0.25) is 17.6 Å². The highest BCUT2D eigenvalue weighted by Gasteiger charge is 2.36. The molecule has 1 aromatic rings. The summed E-state index contributed by atoms with van der Waals surface area (Å²) in [5.41, 5.74) is 0.627. The molecule has 2 heterocycles. The lowest BCUT2D eigenvalue weighted by molar-refractivity contribution is -0.126. The molecular formula is C19H27N3O5. The van der Waals surface area contributed by atoms with Crippen LogP contribution >= 0.6 is 0 Å². The number of benzene rings is 1. The Balaban J connectivity index is 1.70. The van der Waals surface area contributed by atoms with Gasteiger partial charge in [-0.05, 0) is 19.4 Å². The maximum absolute atomic E-state index is 12.5. The molecule has 2 N–H and O–H groups in total. The molecule has 2 saturated heterocycles. The lowest BCUT2D eigenvalue weighted by Crippen LogP contribution is -2.40. The first-order chi connectivity index (χ1) is 13.1. The zero-order valence-electron chi connectivity index (χ0n) is 16.0. The van der Waals surface area contributed by atoms with E-state index in [2.05, 4.69) is 10.6 Å². The van der Waals surface area contributed by atoms with Gasteiger partial charge in [-0.3, -0.25) is 9.59 Å². The molecule has 0 aromatic heterocycles. The van der Waals surface area contributed by atoms with Gasteiger partial charge >= 0.3 is 0 Å². The molecule has 0 bridgehead atoms. The quantitative estimate of drug-likeness (QED) is 0.735. The second-order valence-electron chi connectivity index (χ2n) is 6.83. The lowest BCUT2D eigenvalue weighted by Gasteiger charge is -2.20. The van der Waals surface area contributed by atoms with E-state index in [0.717, 1.165) is 19.4 Å². The summed E-state index contributed by atoms with van der Waals surface area (Å²) in [5.74, 6) is 0.877. The molecule has 2 fully saturated rings. The fourth-order valence-corrected chi connectivity index (χ4v) is 3.65. The molecule has 8 nitrogen and oxygen atoms in total. The molecule has 148 valence electrons. The molecule has 2 amide bonds. The number of amides is 2. The van der Waals surface area contributed by atoms with Crippen molar-refractivity contribution >= 4 is 17.5 Å². The van der Waals surface area contributed by atoms with Crippen molar-refractivity contribution in [3.8, 4) is 17.2 Å². The summed E-state index contributed by atoms with van der Waals surface area (Å²) in [6.45, 7) is 1.94. The Morgan fingerprint density at radius 1 is 1.22 bits per heavy atom. The summed E-state index contributed by atoms with van der Waals surface area (Å²) in [4.78, 5) is 26.6.